The molecular formula is C19H16Cl2FN9O. The molecule has 0 aliphatic heterocycles. The van der Waals surface area contributed by atoms with E-state index < -0.39 is 11.4 Å². The van der Waals surface area contributed by atoms with Crippen molar-refractivity contribution >= 4 is 57.5 Å². The van der Waals surface area contributed by atoms with Crippen LogP contribution < -0.4 is 28.1 Å². The summed E-state index contributed by atoms with van der Waals surface area (Å²) in [7, 11) is 0. The van der Waals surface area contributed by atoms with Crippen LogP contribution in [0.25, 0.3) is 16.6 Å². The Labute approximate surface area is 190 Å². The highest BCUT2D eigenvalue weighted by Gasteiger charge is 2.18. The van der Waals surface area contributed by atoms with E-state index in [-0.39, 0.29) is 57.3 Å². The lowest BCUT2D eigenvalue weighted by molar-refractivity contribution is 0.629. The van der Waals surface area contributed by atoms with Gasteiger partial charge in [-0.05, 0) is 24.3 Å². The maximum atomic E-state index is 14.0. The number of halogens is 3. The fraction of sp³-hybridized carbons (Fsp3) is 0.105. The van der Waals surface area contributed by atoms with Crippen LogP contribution in [0.5, 0.6) is 0 Å². The van der Waals surface area contributed by atoms with Gasteiger partial charge in [0, 0.05) is 13.0 Å². The molecule has 0 aliphatic carbocycles. The van der Waals surface area contributed by atoms with E-state index >= 15 is 0 Å². The van der Waals surface area contributed by atoms with Gasteiger partial charge in [-0.25, -0.2) is 14.4 Å². The van der Waals surface area contributed by atoms with Crippen LogP contribution in [0.1, 0.15) is 5.82 Å². The van der Waals surface area contributed by atoms with E-state index in [4.69, 9.17) is 40.4 Å². The maximum Gasteiger partial charge on any atom is 0.267 e. The number of anilines is 4. The Morgan fingerprint density at radius 2 is 1.81 bits per heavy atom. The SMILES string of the molecule is Nc1ccc(-n2c(CCNc3nc(N)nc(N)c3Cl)nc3ccc(F)c(Cl)c3c2=O)cn1. The summed E-state index contributed by atoms with van der Waals surface area (Å²) in [6, 6.07) is 5.68. The molecule has 0 saturated carbocycles. The number of nitrogens with two attached hydrogens (primary N) is 3. The van der Waals surface area contributed by atoms with E-state index in [1.165, 1.54) is 22.9 Å². The summed E-state index contributed by atoms with van der Waals surface area (Å²) in [6.07, 6.45) is 1.65. The number of hydrogen-bond acceptors (Lipinski definition) is 9. The topological polar surface area (TPSA) is 164 Å². The molecule has 0 aliphatic rings. The zero-order valence-electron chi connectivity index (χ0n) is 16.3. The van der Waals surface area contributed by atoms with Gasteiger partial charge < -0.3 is 22.5 Å². The summed E-state index contributed by atoms with van der Waals surface area (Å²) in [6.45, 7) is 0.255. The van der Waals surface area contributed by atoms with Gasteiger partial charge in [-0.1, -0.05) is 23.2 Å². The van der Waals surface area contributed by atoms with Crippen molar-refractivity contribution in [2.45, 2.75) is 6.42 Å². The van der Waals surface area contributed by atoms with E-state index in [9.17, 15) is 9.18 Å². The quantitative estimate of drug-likeness (QED) is 0.339. The molecule has 7 N–H and O–H groups in total. The minimum Gasteiger partial charge on any atom is -0.384 e. The van der Waals surface area contributed by atoms with Crippen molar-refractivity contribution in [1.82, 2.24) is 24.5 Å². The number of nitrogens with zero attached hydrogens (tertiary/aromatic N) is 5. The first-order valence-electron chi connectivity index (χ1n) is 9.20. The zero-order valence-corrected chi connectivity index (χ0v) is 17.8. The predicted molar refractivity (Wildman–Crippen MR) is 123 cm³/mol. The van der Waals surface area contributed by atoms with Crippen molar-refractivity contribution in [3.8, 4) is 5.69 Å². The molecule has 3 heterocycles. The summed E-state index contributed by atoms with van der Waals surface area (Å²) in [4.78, 5) is 29.6. The van der Waals surface area contributed by atoms with Crippen molar-refractivity contribution in [2.75, 3.05) is 29.1 Å². The molecule has 0 saturated heterocycles. The molecule has 13 heteroatoms. The first-order valence-corrected chi connectivity index (χ1v) is 9.95. The molecule has 0 bridgehead atoms. The highest BCUT2D eigenvalue weighted by molar-refractivity contribution is 6.35. The zero-order chi connectivity index (χ0) is 23.0. The minimum absolute atomic E-state index is 0.0343. The minimum atomic E-state index is -0.719. The van der Waals surface area contributed by atoms with Gasteiger partial charge in [0.2, 0.25) is 5.95 Å². The molecule has 0 spiro atoms. The molecule has 3 aromatic heterocycles. The van der Waals surface area contributed by atoms with Gasteiger partial charge in [-0.2, -0.15) is 9.97 Å². The number of aromatic nitrogens is 5. The second-order valence-electron chi connectivity index (χ2n) is 6.67. The molecule has 0 amide bonds. The second-order valence-corrected chi connectivity index (χ2v) is 7.43. The van der Waals surface area contributed by atoms with Crippen LogP contribution in [0.15, 0.2) is 35.3 Å². The first kappa shape index (κ1) is 21.5. The van der Waals surface area contributed by atoms with Gasteiger partial charge >= 0.3 is 0 Å². The Morgan fingerprint density at radius 1 is 1.03 bits per heavy atom. The monoisotopic (exact) mass is 475 g/mol. The number of pyridine rings is 1. The maximum absolute atomic E-state index is 14.0. The molecule has 0 fully saturated rings. The fourth-order valence-electron chi connectivity index (χ4n) is 3.11. The van der Waals surface area contributed by atoms with Crippen LogP contribution in [-0.2, 0) is 6.42 Å². The number of benzene rings is 1. The molecule has 0 unspecified atom stereocenters. The summed E-state index contributed by atoms with van der Waals surface area (Å²) in [5, 5.41) is 2.77. The van der Waals surface area contributed by atoms with Crippen molar-refractivity contribution < 1.29 is 4.39 Å². The van der Waals surface area contributed by atoms with Gasteiger partial charge in [0.1, 0.15) is 28.3 Å². The standard InChI is InChI=1S/C19H16Cl2FN9O/c20-14-9(22)2-3-10-13(14)18(32)31(8-1-4-11(23)27-7-8)12(28-10)5-6-26-17-15(21)16(24)29-19(25)30-17/h1-4,7H,5-6H2,(H2,23,27)(H5,24,25,26,29,30). The van der Waals surface area contributed by atoms with Crippen LogP contribution in [0, 0.1) is 5.82 Å². The van der Waals surface area contributed by atoms with E-state index in [1.807, 2.05) is 0 Å². The van der Waals surface area contributed by atoms with Gasteiger partial charge in [-0.3, -0.25) is 9.36 Å². The average molecular weight is 476 g/mol. The molecule has 1 aromatic carbocycles. The fourth-order valence-corrected chi connectivity index (χ4v) is 3.50. The Hall–Kier alpha value is -3.70. The molecule has 0 radical (unpaired) electrons. The van der Waals surface area contributed by atoms with Crippen molar-refractivity contribution in [1.29, 1.82) is 0 Å². The molecular weight excluding hydrogens is 460 g/mol. The number of hydrogen-bond donors (Lipinski definition) is 4. The summed E-state index contributed by atoms with van der Waals surface area (Å²) in [5.74, 6) is 0.146. The largest absolute Gasteiger partial charge is 0.384 e. The number of rotatable bonds is 5. The van der Waals surface area contributed by atoms with Gasteiger partial charge in [0.05, 0.1) is 27.8 Å². The van der Waals surface area contributed by atoms with Crippen LogP contribution in [0.2, 0.25) is 10.0 Å². The van der Waals surface area contributed by atoms with Gasteiger partial charge in [0.15, 0.2) is 5.82 Å². The number of nitrogens with one attached hydrogen (secondary N) is 1. The summed E-state index contributed by atoms with van der Waals surface area (Å²) < 4.78 is 15.3. The molecule has 164 valence electrons. The lowest BCUT2D eigenvalue weighted by Crippen LogP contribution is -2.26. The molecule has 4 rings (SSSR count). The van der Waals surface area contributed by atoms with Crippen LogP contribution in [0.3, 0.4) is 0 Å². The second kappa shape index (κ2) is 8.44. The highest BCUT2D eigenvalue weighted by Crippen LogP contribution is 2.26. The Balaban J connectivity index is 1.78. The van der Waals surface area contributed by atoms with Crippen molar-refractivity contribution in [3.63, 3.8) is 0 Å². The third-order valence-electron chi connectivity index (χ3n) is 4.56. The van der Waals surface area contributed by atoms with Crippen molar-refractivity contribution in [2.24, 2.45) is 0 Å². The Morgan fingerprint density at radius 3 is 2.53 bits per heavy atom. The summed E-state index contributed by atoms with van der Waals surface area (Å²) >= 11 is 12.2. The molecule has 32 heavy (non-hydrogen) atoms. The average Bonchev–Trinajstić information content (AvgIpc) is 2.75. The van der Waals surface area contributed by atoms with Crippen LogP contribution in [-0.4, -0.2) is 31.0 Å². The van der Waals surface area contributed by atoms with E-state index in [0.717, 1.165) is 6.07 Å². The first-order chi connectivity index (χ1) is 15.3. The molecule has 10 nitrogen and oxygen atoms in total. The van der Waals surface area contributed by atoms with E-state index in [1.54, 1.807) is 6.07 Å². The third-order valence-corrected chi connectivity index (χ3v) is 5.30. The van der Waals surface area contributed by atoms with Crippen LogP contribution in [0.4, 0.5) is 27.8 Å². The Kier molecular flexibility index (Phi) is 5.68. The van der Waals surface area contributed by atoms with Crippen molar-refractivity contribution in [3.05, 3.63) is 62.5 Å². The number of fused-ring (bicyclic) bond motifs is 1. The van der Waals surface area contributed by atoms with Crippen LogP contribution >= 0.6 is 23.2 Å². The normalized spacial score (nSPS) is 11.1. The predicted octanol–water partition coefficient (Wildman–Crippen LogP) is 2.42. The summed E-state index contributed by atoms with van der Waals surface area (Å²) in [5.41, 5.74) is 17.1. The smallest absolute Gasteiger partial charge is 0.267 e. The Bertz CT molecular complexity index is 1390. The highest BCUT2D eigenvalue weighted by atomic mass is 35.5. The number of nitrogen functional groups attached to an aromatic ring is 3. The van der Waals surface area contributed by atoms with E-state index in [2.05, 4.69) is 25.3 Å². The lowest BCUT2D eigenvalue weighted by Gasteiger charge is -2.15. The molecule has 0 atom stereocenters. The lowest BCUT2D eigenvalue weighted by atomic mass is 10.2. The van der Waals surface area contributed by atoms with Gasteiger partial charge in [0.25, 0.3) is 5.56 Å². The third kappa shape index (κ3) is 3.95. The van der Waals surface area contributed by atoms with E-state index in [0.29, 0.717) is 11.5 Å². The van der Waals surface area contributed by atoms with Gasteiger partial charge in [-0.15, -0.1) is 0 Å². The molecule has 4 aromatic rings.